The van der Waals surface area contributed by atoms with E-state index >= 15 is 0 Å². The van der Waals surface area contributed by atoms with Crippen molar-refractivity contribution in [1.29, 1.82) is 0 Å². The summed E-state index contributed by atoms with van der Waals surface area (Å²) >= 11 is 2.28. The SMILES string of the molecule is FC(F)(F)COCCCNCCCI. The van der Waals surface area contributed by atoms with Crippen molar-refractivity contribution in [3.8, 4) is 0 Å². The maximum Gasteiger partial charge on any atom is 0.411 e. The number of rotatable bonds is 8. The van der Waals surface area contributed by atoms with Crippen LogP contribution < -0.4 is 5.32 Å². The van der Waals surface area contributed by atoms with Gasteiger partial charge in [0, 0.05) is 11.0 Å². The minimum Gasteiger partial charge on any atom is -0.372 e. The van der Waals surface area contributed by atoms with Crippen LogP contribution in [0.1, 0.15) is 12.8 Å². The molecular weight excluding hydrogens is 310 g/mol. The molecule has 0 amide bonds. The van der Waals surface area contributed by atoms with Gasteiger partial charge in [-0.05, 0) is 25.9 Å². The van der Waals surface area contributed by atoms with E-state index in [0.29, 0.717) is 13.0 Å². The second-order valence-corrected chi connectivity index (χ2v) is 3.89. The maximum atomic E-state index is 11.6. The van der Waals surface area contributed by atoms with Crippen LogP contribution in [0.15, 0.2) is 0 Å². The fraction of sp³-hybridized carbons (Fsp3) is 1.00. The molecule has 0 aliphatic carbocycles. The first-order valence-electron chi connectivity index (χ1n) is 4.47. The topological polar surface area (TPSA) is 21.3 Å². The molecule has 0 aromatic carbocycles. The molecule has 1 N–H and O–H groups in total. The summed E-state index contributed by atoms with van der Waals surface area (Å²) in [6.45, 7) is 0.661. The van der Waals surface area contributed by atoms with Gasteiger partial charge in [-0.25, -0.2) is 0 Å². The van der Waals surface area contributed by atoms with Crippen molar-refractivity contribution >= 4 is 22.6 Å². The van der Waals surface area contributed by atoms with E-state index < -0.39 is 12.8 Å². The zero-order chi connectivity index (χ0) is 10.9. The average Bonchev–Trinajstić information content (AvgIpc) is 2.08. The van der Waals surface area contributed by atoms with Crippen LogP contribution in [0.25, 0.3) is 0 Å². The molecule has 0 saturated heterocycles. The van der Waals surface area contributed by atoms with Gasteiger partial charge in [0.25, 0.3) is 0 Å². The lowest BCUT2D eigenvalue weighted by molar-refractivity contribution is -0.173. The van der Waals surface area contributed by atoms with E-state index in [1.54, 1.807) is 0 Å². The molecular formula is C8H15F3INO. The molecule has 2 nitrogen and oxygen atoms in total. The van der Waals surface area contributed by atoms with Crippen molar-refractivity contribution < 1.29 is 17.9 Å². The number of hydrogen-bond donors (Lipinski definition) is 1. The fourth-order valence-corrected chi connectivity index (χ4v) is 1.19. The van der Waals surface area contributed by atoms with Crippen LogP contribution in [0.5, 0.6) is 0 Å². The van der Waals surface area contributed by atoms with E-state index in [2.05, 4.69) is 32.6 Å². The Labute approximate surface area is 95.7 Å². The van der Waals surface area contributed by atoms with Gasteiger partial charge in [-0.3, -0.25) is 0 Å². The van der Waals surface area contributed by atoms with Gasteiger partial charge in [0.2, 0.25) is 0 Å². The zero-order valence-corrected chi connectivity index (χ0v) is 10.0. The summed E-state index contributed by atoms with van der Waals surface area (Å²) in [5.41, 5.74) is 0. The lowest BCUT2D eigenvalue weighted by atomic mass is 10.4. The molecule has 0 rings (SSSR count). The van der Waals surface area contributed by atoms with Crippen LogP contribution >= 0.6 is 22.6 Å². The molecule has 0 spiro atoms. The van der Waals surface area contributed by atoms with E-state index in [0.717, 1.165) is 17.4 Å². The van der Waals surface area contributed by atoms with Crippen LogP contribution in [0.2, 0.25) is 0 Å². The Hall–Kier alpha value is 0.440. The Kier molecular flexibility index (Phi) is 9.00. The predicted octanol–water partition coefficient (Wildman–Crippen LogP) is 2.37. The molecule has 0 aliphatic rings. The minimum absolute atomic E-state index is 0.163. The lowest BCUT2D eigenvalue weighted by Gasteiger charge is -2.07. The molecule has 6 heteroatoms. The Morgan fingerprint density at radius 3 is 2.36 bits per heavy atom. The molecule has 0 aromatic rings. The first-order chi connectivity index (χ1) is 6.56. The molecule has 0 aliphatic heterocycles. The summed E-state index contributed by atoms with van der Waals surface area (Å²) in [6.07, 6.45) is -2.49. The molecule has 0 atom stereocenters. The monoisotopic (exact) mass is 325 g/mol. The summed E-state index contributed by atoms with van der Waals surface area (Å²) in [4.78, 5) is 0. The van der Waals surface area contributed by atoms with E-state index in [-0.39, 0.29) is 6.61 Å². The molecule has 0 heterocycles. The smallest absolute Gasteiger partial charge is 0.372 e. The summed E-state index contributed by atoms with van der Waals surface area (Å²) < 4.78 is 40.3. The summed E-state index contributed by atoms with van der Waals surface area (Å²) in [7, 11) is 0. The van der Waals surface area contributed by atoms with E-state index in [1.807, 2.05) is 0 Å². The first kappa shape index (κ1) is 14.4. The second-order valence-electron chi connectivity index (χ2n) is 2.81. The molecule has 0 unspecified atom stereocenters. The lowest BCUT2D eigenvalue weighted by Crippen LogP contribution is -2.21. The van der Waals surface area contributed by atoms with Crippen molar-refractivity contribution in [2.75, 3.05) is 30.7 Å². The van der Waals surface area contributed by atoms with Crippen LogP contribution in [0.3, 0.4) is 0 Å². The highest BCUT2D eigenvalue weighted by molar-refractivity contribution is 14.1. The molecule has 0 saturated carbocycles. The molecule has 0 aromatic heterocycles. The average molecular weight is 325 g/mol. The zero-order valence-electron chi connectivity index (χ0n) is 7.87. The van der Waals surface area contributed by atoms with Crippen LogP contribution in [0.4, 0.5) is 13.2 Å². The minimum atomic E-state index is -4.20. The third-order valence-corrected chi connectivity index (χ3v) is 2.16. The molecule has 0 radical (unpaired) electrons. The molecule has 0 fully saturated rings. The summed E-state index contributed by atoms with van der Waals surface area (Å²) in [5.74, 6) is 0. The standard InChI is InChI=1S/C8H15F3INO/c9-8(10,11)7-14-6-2-5-13-4-1-3-12/h13H,1-7H2. The molecule has 86 valence electrons. The van der Waals surface area contributed by atoms with E-state index in [1.165, 1.54) is 0 Å². The van der Waals surface area contributed by atoms with Gasteiger partial charge in [-0.1, -0.05) is 22.6 Å². The van der Waals surface area contributed by atoms with Gasteiger partial charge in [-0.2, -0.15) is 13.2 Å². The number of hydrogen-bond acceptors (Lipinski definition) is 2. The highest BCUT2D eigenvalue weighted by Gasteiger charge is 2.26. The highest BCUT2D eigenvalue weighted by Crippen LogP contribution is 2.14. The fourth-order valence-electron chi connectivity index (χ4n) is 0.804. The quantitative estimate of drug-likeness (QED) is 0.420. The Morgan fingerprint density at radius 1 is 1.14 bits per heavy atom. The normalized spacial score (nSPS) is 12.0. The van der Waals surface area contributed by atoms with Crippen LogP contribution in [0, 0.1) is 0 Å². The van der Waals surface area contributed by atoms with E-state index in [9.17, 15) is 13.2 Å². The maximum absolute atomic E-state index is 11.6. The van der Waals surface area contributed by atoms with Crippen LogP contribution in [-0.2, 0) is 4.74 Å². The van der Waals surface area contributed by atoms with Gasteiger partial charge in [0.1, 0.15) is 6.61 Å². The van der Waals surface area contributed by atoms with Gasteiger partial charge in [0.15, 0.2) is 0 Å². The third kappa shape index (κ3) is 12.4. The highest BCUT2D eigenvalue weighted by atomic mass is 127. The van der Waals surface area contributed by atoms with Gasteiger partial charge >= 0.3 is 6.18 Å². The molecule has 0 bridgehead atoms. The second kappa shape index (κ2) is 8.72. The molecule has 14 heavy (non-hydrogen) atoms. The van der Waals surface area contributed by atoms with Crippen LogP contribution in [-0.4, -0.2) is 36.9 Å². The van der Waals surface area contributed by atoms with Gasteiger partial charge in [-0.15, -0.1) is 0 Å². The van der Waals surface area contributed by atoms with Gasteiger partial charge in [0.05, 0.1) is 0 Å². The third-order valence-electron chi connectivity index (χ3n) is 1.40. The summed E-state index contributed by atoms with van der Waals surface area (Å²) in [5, 5.41) is 3.12. The van der Waals surface area contributed by atoms with Gasteiger partial charge < -0.3 is 10.1 Å². The Morgan fingerprint density at radius 2 is 1.79 bits per heavy atom. The first-order valence-corrected chi connectivity index (χ1v) is 6.00. The number of alkyl halides is 4. The van der Waals surface area contributed by atoms with Crippen molar-refractivity contribution in [2.24, 2.45) is 0 Å². The van der Waals surface area contributed by atoms with Crippen molar-refractivity contribution in [1.82, 2.24) is 5.32 Å². The number of halogens is 4. The number of nitrogens with one attached hydrogen (secondary N) is 1. The summed E-state index contributed by atoms with van der Waals surface area (Å²) in [6, 6.07) is 0. The van der Waals surface area contributed by atoms with Crippen molar-refractivity contribution in [2.45, 2.75) is 19.0 Å². The Balaban J connectivity index is 2.99. The van der Waals surface area contributed by atoms with Crippen molar-refractivity contribution in [3.63, 3.8) is 0 Å². The predicted molar refractivity (Wildman–Crippen MR) is 57.9 cm³/mol. The Bertz CT molecular complexity index is 132. The van der Waals surface area contributed by atoms with Crippen molar-refractivity contribution in [3.05, 3.63) is 0 Å². The largest absolute Gasteiger partial charge is 0.411 e. The van der Waals surface area contributed by atoms with E-state index in [4.69, 9.17) is 0 Å². The number of ether oxygens (including phenoxy) is 1.